The molecule has 0 radical (unpaired) electrons. The van der Waals surface area contributed by atoms with Crippen LogP contribution < -0.4 is 0 Å². The maximum absolute atomic E-state index is 11.4. The lowest BCUT2D eigenvalue weighted by molar-refractivity contribution is -0.148. The van der Waals surface area contributed by atoms with Gasteiger partial charge in [0.15, 0.2) is 0 Å². The Hall–Kier alpha value is -1.30. The van der Waals surface area contributed by atoms with E-state index in [-0.39, 0.29) is 6.54 Å². The lowest BCUT2D eigenvalue weighted by atomic mass is 10.0. The van der Waals surface area contributed by atoms with E-state index in [9.17, 15) is 14.7 Å². The second kappa shape index (κ2) is 4.97. The molecule has 0 saturated carbocycles. The molecule has 1 saturated heterocycles. The van der Waals surface area contributed by atoms with Gasteiger partial charge in [-0.2, -0.15) is 0 Å². The normalized spacial score (nSPS) is 25.9. The van der Waals surface area contributed by atoms with E-state index in [2.05, 4.69) is 9.47 Å². The highest BCUT2D eigenvalue weighted by Gasteiger charge is 2.36. The number of rotatable bonds is 1. The first-order chi connectivity index (χ1) is 7.10. The third-order valence-corrected chi connectivity index (χ3v) is 2.44. The second-order valence-electron chi connectivity index (χ2n) is 3.39. The molecule has 0 aromatic heterocycles. The van der Waals surface area contributed by atoms with Crippen LogP contribution in [0, 0.1) is 0 Å². The molecular weight excluding hydrogens is 202 g/mol. The summed E-state index contributed by atoms with van der Waals surface area (Å²) in [7, 11) is 2.50. The van der Waals surface area contributed by atoms with E-state index in [4.69, 9.17) is 0 Å². The number of ether oxygens (including phenoxy) is 2. The summed E-state index contributed by atoms with van der Waals surface area (Å²) < 4.78 is 9.11. The first kappa shape index (κ1) is 11.8. The van der Waals surface area contributed by atoms with Crippen molar-refractivity contribution >= 4 is 12.1 Å². The van der Waals surface area contributed by atoms with Crippen molar-refractivity contribution in [2.45, 2.75) is 25.0 Å². The van der Waals surface area contributed by atoms with Gasteiger partial charge in [0, 0.05) is 0 Å². The van der Waals surface area contributed by atoms with Crippen LogP contribution in [-0.4, -0.2) is 55.0 Å². The predicted octanol–water partition coefficient (Wildman–Crippen LogP) is -0.249. The third kappa shape index (κ3) is 2.59. The summed E-state index contributed by atoms with van der Waals surface area (Å²) in [6.45, 7) is 0.104. The van der Waals surface area contributed by atoms with Gasteiger partial charge in [-0.25, -0.2) is 9.59 Å². The van der Waals surface area contributed by atoms with Crippen LogP contribution in [0.3, 0.4) is 0 Å². The molecule has 1 heterocycles. The number of esters is 1. The number of aliphatic hydroxyl groups excluding tert-OH is 1. The van der Waals surface area contributed by atoms with Crippen molar-refractivity contribution < 1.29 is 24.2 Å². The van der Waals surface area contributed by atoms with Gasteiger partial charge in [0.25, 0.3) is 0 Å². The minimum atomic E-state index is -0.647. The van der Waals surface area contributed by atoms with Crippen LogP contribution in [0.4, 0.5) is 4.79 Å². The van der Waals surface area contributed by atoms with Gasteiger partial charge in [-0.15, -0.1) is 0 Å². The highest BCUT2D eigenvalue weighted by molar-refractivity contribution is 5.81. The number of aliphatic hydroxyl groups is 1. The van der Waals surface area contributed by atoms with Crippen LogP contribution >= 0.6 is 0 Å². The molecule has 2 atom stereocenters. The van der Waals surface area contributed by atoms with Gasteiger partial charge in [-0.05, 0) is 12.8 Å². The molecule has 86 valence electrons. The van der Waals surface area contributed by atoms with Crippen molar-refractivity contribution in [3.8, 4) is 0 Å². The molecule has 0 aliphatic carbocycles. The quantitative estimate of drug-likeness (QED) is 0.613. The first-order valence-corrected chi connectivity index (χ1v) is 4.70. The number of likely N-dealkylation sites (tertiary alicyclic amines) is 1. The van der Waals surface area contributed by atoms with Gasteiger partial charge < -0.3 is 14.6 Å². The Labute approximate surface area is 87.8 Å². The minimum Gasteiger partial charge on any atom is -0.467 e. The van der Waals surface area contributed by atoms with E-state index in [0.717, 1.165) is 0 Å². The number of carbonyl (C=O) groups excluding carboxylic acids is 2. The first-order valence-electron chi connectivity index (χ1n) is 4.70. The molecule has 1 rings (SSSR count). The molecule has 0 unspecified atom stereocenters. The fraction of sp³-hybridized carbons (Fsp3) is 0.778. The van der Waals surface area contributed by atoms with Crippen molar-refractivity contribution in [3.63, 3.8) is 0 Å². The van der Waals surface area contributed by atoms with E-state index in [0.29, 0.717) is 12.8 Å². The molecule has 1 N–H and O–H groups in total. The standard InChI is InChI=1S/C9H15NO5/c1-14-8(12)7-4-3-6(11)5-10(7)9(13)15-2/h6-7,11H,3-5H2,1-2H3/t6-,7+/m1/s1. The minimum absolute atomic E-state index is 0.104. The zero-order valence-corrected chi connectivity index (χ0v) is 8.80. The van der Waals surface area contributed by atoms with Crippen LogP contribution in [0.25, 0.3) is 0 Å². The van der Waals surface area contributed by atoms with E-state index >= 15 is 0 Å². The molecule has 6 nitrogen and oxygen atoms in total. The largest absolute Gasteiger partial charge is 0.467 e. The van der Waals surface area contributed by atoms with Gasteiger partial charge >= 0.3 is 12.1 Å². The van der Waals surface area contributed by atoms with Gasteiger partial charge in [0.1, 0.15) is 6.04 Å². The molecule has 1 amide bonds. The molecule has 1 aliphatic rings. The zero-order chi connectivity index (χ0) is 11.4. The monoisotopic (exact) mass is 217 g/mol. The fourth-order valence-corrected chi connectivity index (χ4v) is 1.65. The van der Waals surface area contributed by atoms with Crippen LogP contribution in [0.15, 0.2) is 0 Å². The number of β-amino-alcohol motifs (C(OH)–C–C–N with tert-alkyl or cyclic N) is 1. The Morgan fingerprint density at radius 3 is 2.47 bits per heavy atom. The molecule has 15 heavy (non-hydrogen) atoms. The predicted molar refractivity (Wildman–Crippen MR) is 50.2 cm³/mol. The molecule has 0 aromatic rings. The average Bonchev–Trinajstić information content (AvgIpc) is 2.26. The Balaban J connectivity index is 2.74. The SMILES string of the molecule is COC(=O)[C@@H]1CC[C@@H](O)CN1C(=O)OC. The topological polar surface area (TPSA) is 76.1 Å². The summed E-state index contributed by atoms with van der Waals surface area (Å²) in [5.41, 5.74) is 0. The fourth-order valence-electron chi connectivity index (χ4n) is 1.65. The van der Waals surface area contributed by atoms with Gasteiger partial charge in [-0.1, -0.05) is 0 Å². The van der Waals surface area contributed by atoms with Crippen molar-refractivity contribution in [2.75, 3.05) is 20.8 Å². The molecule has 0 bridgehead atoms. The van der Waals surface area contributed by atoms with Crippen LogP contribution in [0.1, 0.15) is 12.8 Å². The Kier molecular flexibility index (Phi) is 3.90. The van der Waals surface area contributed by atoms with Gasteiger partial charge in [0.05, 0.1) is 26.9 Å². The lowest BCUT2D eigenvalue weighted by Crippen LogP contribution is -2.52. The maximum atomic E-state index is 11.4. The Bertz CT molecular complexity index is 255. The summed E-state index contributed by atoms with van der Waals surface area (Å²) in [4.78, 5) is 23.9. The second-order valence-corrected chi connectivity index (χ2v) is 3.39. The summed E-state index contributed by atoms with van der Waals surface area (Å²) >= 11 is 0. The third-order valence-electron chi connectivity index (χ3n) is 2.44. The van der Waals surface area contributed by atoms with E-state index in [1.807, 2.05) is 0 Å². The van der Waals surface area contributed by atoms with E-state index in [1.54, 1.807) is 0 Å². The van der Waals surface area contributed by atoms with Gasteiger partial charge in [-0.3, -0.25) is 4.90 Å². The smallest absolute Gasteiger partial charge is 0.410 e. The number of amides is 1. The summed E-state index contributed by atoms with van der Waals surface area (Å²) in [6, 6.07) is -0.647. The van der Waals surface area contributed by atoms with Crippen LogP contribution in [0.5, 0.6) is 0 Å². The van der Waals surface area contributed by atoms with Crippen LogP contribution in [0.2, 0.25) is 0 Å². The van der Waals surface area contributed by atoms with E-state index < -0.39 is 24.2 Å². The molecular formula is C9H15NO5. The Morgan fingerprint density at radius 1 is 1.27 bits per heavy atom. The van der Waals surface area contributed by atoms with Crippen molar-refractivity contribution in [3.05, 3.63) is 0 Å². The number of carbonyl (C=O) groups is 2. The maximum Gasteiger partial charge on any atom is 0.410 e. The highest BCUT2D eigenvalue weighted by Crippen LogP contribution is 2.19. The number of nitrogens with zero attached hydrogens (tertiary/aromatic N) is 1. The number of hydrogen-bond acceptors (Lipinski definition) is 5. The molecule has 0 aromatic carbocycles. The average molecular weight is 217 g/mol. The van der Waals surface area contributed by atoms with Gasteiger partial charge in [0.2, 0.25) is 0 Å². The number of methoxy groups -OCH3 is 2. The van der Waals surface area contributed by atoms with Crippen molar-refractivity contribution in [1.82, 2.24) is 4.90 Å². The summed E-state index contributed by atoms with van der Waals surface area (Å²) in [5, 5.41) is 9.39. The number of piperidine rings is 1. The van der Waals surface area contributed by atoms with Crippen molar-refractivity contribution in [2.24, 2.45) is 0 Å². The number of hydrogen-bond donors (Lipinski definition) is 1. The Morgan fingerprint density at radius 2 is 1.93 bits per heavy atom. The van der Waals surface area contributed by atoms with E-state index in [1.165, 1.54) is 19.1 Å². The molecule has 6 heteroatoms. The molecule has 1 fully saturated rings. The van der Waals surface area contributed by atoms with Crippen LogP contribution in [-0.2, 0) is 14.3 Å². The molecule has 0 spiro atoms. The zero-order valence-electron chi connectivity index (χ0n) is 8.80. The lowest BCUT2D eigenvalue weighted by Gasteiger charge is -2.34. The summed E-state index contributed by atoms with van der Waals surface area (Å²) in [6.07, 6.45) is -0.356. The van der Waals surface area contributed by atoms with Crippen molar-refractivity contribution in [1.29, 1.82) is 0 Å². The molecule has 1 aliphatic heterocycles. The highest BCUT2D eigenvalue weighted by atomic mass is 16.5. The summed E-state index contributed by atoms with van der Waals surface area (Å²) in [5.74, 6) is -0.479.